The molecule has 1 aromatic heterocycles. The maximum absolute atomic E-state index is 15.3. The minimum atomic E-state index is -0.472. The number of ether oxygens (including phenoxy) is 1. The zero-order valence-corrected chi connectivity index (χ0v) is 23.6. The van der Waals surface area contributed by atoms with Crippen molar-refractivity contribution in [3.8, 4) is 5.75 Å². The van der Waals surface area contributed by atoms with Gasteiger partial charge in [-0.15, -0.1) is 0 Å². The molecule has 1 unspecified atom stereocenters. The van der Waals surface area contributed by atoms with Crippen LogP contribution in [-0.2, 0) is 6.42 Å². The molecule has 0 amide bonds. The second-order valence-corrected chi connectivity index (χ2v) is 10.9. The molecule has 1 fully saturated rings. The zero-order chi connectivity index (χ0) is 27.7. The molecule has 4 rings (SSSR count). The van der Waals surface area contributed by atoms with Crippen molar-refractivity contribution in [3.05, 3.63) is 80.5 Å². The number of aromatic nitrogens is 1. The topological polar surface area (TPSA) is 57.9 Å². The van der Waals surface area contributed by atoms with E-state index in [1.807, 2.05) is 37.5 Å². The van der Waals surface area contributed by atoms with Crippen molar-refractivity contribution in [1.29, 1.82) is 0 Å². The Kier molecular flexibility index (Phi) is 8.38. The fraction of sp³-hybridized carbons (Fsp3) is 0.433. The number of halogens is 2. The van der Waals surface area contributed by atoms with E-state index >= 15 is 4.39 Å². The second-order valence-electron chi connectivity index (χ2n) is 10.5. The number of hydrogen-bond donors (Lipinski definition) is 1. The van der Waals surface area contributed by atoms with Crippen LogP contribution in [0, 0.1) is 18.7 Å². The first kappa shape index (κ1) is 28.0. The van der Waals surface area contributed by atoms with Crippen LogP contribution in [0.25, 0.3) is 10.9 Å². The molecule has 0 spiro atoms. The number of piperazine rings is 1. The van der Waals surface area contributed by atoms with Crippen molar-refractivity contribution in [1.82, 2.24) is 9.47 Å². The zero-order valence-electron chi connectivity index (χ0n) is 22.9. The lowest BCUT2D eigenvalue weighted by atomic mass is 9.98. The molecule has 0 radical (unpaired) electrons. The number of allylic oxidation sites excluding steroid dienone is 1. The summed E-state index contributed by atoms with van der Waals surface area (Å²) in [5.41, 5.74) is 4.21. The van der Waals surface area contributed by atoms with E-state index in [1.54, 1.807) is 32.4 Å². The SMILES string of the molecule is C=C(C)N1CCN(c2cc(Cl)c(F)c(Cc3cc4c(=O)c(C)cn(C(CO)C(C)C)c4cc3OC)c2)CC1. The third kappa shape index (κ3) is 5.40. The summed E-state index contributed by atoms with van der Waals surface area (Å²) in [6.45, 7) is 15.1. The Morgan fingerprint density at radius 3 is 2.42 bits per heavy atom. The van der Waals surface area contributed by atoms with Crippen molar-refractivity contribution < 1.29 is 14.2 Å². The number of anilines is 1. The first-order chi connectivity index (χ1) is 18.0. The highest BCUT2D eigenvalue weighted by Gasteiger charge is 2.22. The normalized spacial score (nSPS) is 14.9. The van der Waals surface area contributed by atoms with Crippen molar-refractivity contribution in [3.63, 3.8) is 0 Å². The van der Waals surface area contributed by atoms with Crippen LogP contribution >= 0.6 is 11.6 Å². The molecule has 1 atom stereocenters. The summed E-state index contributed by atoms with van der Waals surface area (Å²) >= 11 is 6.37. The molecule has 1 aliphatic rings. The molecule has 3 aromatic rings. The van der Waals surface area contributed by atoms with Gasteiger partial charge in [-0.05, 0) is 49.1 Å². The minimum Gasteiger partial charge on any atom is -0.496 e. The van der Waals surface area contributed by atoms with Crippen LogP contribution < -0.4 is 15.1 Å². The van der Waals surface area contributed by atoms with Gasteiger partial charge in [-0.2, -0.15) is 0 Å². The van der Waals surface area contributed by atoms with Gasteiger partial charge in [0.05, 0.1) is 30.3 Å². The van der Waals surface area contributed by atoms with Gasteiger partial charge >= 0.3 is 0 Å². The van der Waals surface area contributed by atoms with E-state index in [1.165, 1.54) is 0 Å². The largest absolute Gasteiger partial charge is 0.496 e. The van der Waals surface area contributed by atoms with Gasteiger partial charge < -0.3 is 24.2 Å². The van der Waals surface area contributed by atoms with Crippen LogP contribution in [0.4, 0.5) is 10.1 Å². The Hall–Kier alpha value is -3.03. The number of hydrogen-bond acceptors (Lipinski definition) is 5. The van der Waals surface area contributed by atoms with E-state index in [0.717, 1.165) is 37.6 Å². The van der Waals surface area contributed by atoms with Gasteiger partial charge in [0.2, 0.25) is 0 Å². The van der Waals surface area contributed by atoms with E-state index in [-0.39, 0.29) is 35.4 Å². The highest BCUT2D eigenvalue weighted by molar-refractivity contribution is 6.31. The number of rotatable bonds is 8. The van der Waals surface area contributed by atoms with E-state index in [0.29, 0.717) is 33.3 Å². The van der Waals surface area contributed by atoms with Gasteiger partial charge in [0.25, 0.3) is 0 Å². The molecule has 204 valence electrons. The predicted molar refractivity (Wildman–Crippen MR) is 153 cm³/mol. The number of aliphatic hydroxyl groups excluding tert-OH is 1. The molecule has 0 bridgehead atoms. The number of aliphatic hydroxyl groups is 1. The summed E-state index contributed by atoms with van der Waals surface area (Å²) in [6, 6.07) is 6.93. The molecule has 6 nitrogen and oxygen atoms in total. The number of benzene rings is 2. The number of fused-ring (bicyclic) bond motifs is 1. The quantitative estimate of drug-likeness (QED) is 0.405. The van der Waals surface area contributed by atoms with Gasteiger partial charge in [-0.3, -0.25) is 4.79 Å². The molecule has 0 saturated carbocycles. The monoisotopic (exact) mass is 541 g/mol. The van der Waals surface area contributed by atoms with Gasteiger partial charge in [0.1, 0.15) is 11.6 Å². The molecule has 1 N–H and O–H groups in total. The summed E-state index contributed by atoms with van der Waals surface area (Å²) in [7, 11) is 1.56. The Balaban J connectivity index is 1.77. The van der Waals surface area contributed by atoms with Gasteiger partial charge in [0, 0.05) is 67.2 Å². The third-order valence-electron chi connectivity index (χ3n) is 7.58. The van der Waals surface area contributed by atoms with Crippen LogP contribution in [0.1, 0.15) is 43.5 Å². The minimum absolute atomic E-state index is 0.0593. The van der Waals surface area contributed by atoms with Crippen LogP contribution in [0.15, 0.2) is 47.5 Å². The second kappa shape index (κ2) is 11.4. The first-order valence-electron chi connectivity index (χ1n) is 13.0. The van der Waals surface area contributed by atoms with Crippen molar-refractivity contribution in [2.45, 2.75) is 40.2 Å². The van der Waals surface area contributed by atoms with Gasteiger partial charge in [0.15, 0.2) is 5.43 Å². The molecular formula is C30H37ClFN3O3. The Morgan fingerprint density at radius 2 is 1.84 bits per heavy atom. The average Bonchev–Trinajstić information content (AvgIpc) is 2.89. The summed E-state index contributed by atoms with van der Waals surface area (Å²) in [5.74, 6) is 0.220. The highest BCUT2D eigenvalue weighted by Crippen LogP contribution is 2.33. The molecule has 1 saturated heterocycles. The molecule has 0 aliphatic carbocycles. The standard InChI is InChI=1S/C30H37ClFN3O3/c1-18(2)27(17-36)35-16-20(5)30(37)24-13-21(28(38-6)15-26(24)35)11-22-12-23(14-25(31)29(22)32)34-9-7-33(8-10-34)19(3)4/h12-16,18,27,36H,3,7-11,17H2,1-2,4-6H3. The van der Waals surface area contributed by atoms with E-state index in [2.05, 4.69) is 16.4 Å². The fourth-order valence-electron chi connectivity index (χ4n) is 5.27. The average molecular weight is 542 g/mol. The third-order valence-corrected chi connectivity index (χ3v) is 7.86. The van der Waals surface area contributed by atoms with E-state index in [9.17, 15) is 9.90 Å². The van der Waals surface area contributed by atoms with Crippen molar-refractivity contribution in [2.75, 3.05) is 44.8 Å². The molecule has 1 aliphatic heterocycles. The lowest BCUT2D eigenvalue weighted by Gasteiger charge is -2.37. The predicted octanol–water partition coefficient (Wildman–Crippen LogP) is 5.55. The van der Waals surface area contributed by atoms with Crippen LogP contribution in [0.2, 0.25) is 5.02 Å². The van der Waals surface area contributed by atoms with Gasteiger partial charge in [-0.1, -0.05) is 32.0 Å². The summed E-state index contributed by atoms with van der Waals surface area (Å²) in [5, 5.41) is 10.7. The molecule has 38 heavy (non-hydrogen) atoms. The summed E-state index contributed by atoms with van der Waals surface area (Å²) < 4.78 is 23.0. The smallest absolute Gasteiger partial charge is 0.192 e. The molecular weight excluding hydrogens is 505 g/mol. The Bertz CT molecular complexity index is 1410. The maximum atomic E-state index is 15.3. The molecule has 2 heterocycles. The van der Waals surface area contributed by atoms with Crippen molar-refractivity contribution >= 4 is 28.2 Å². The van der Waals surface area contributed by atoms with Crippen LogP contribution in [-0.4, -0.2) is 54.5 Å². The van der Waals surface area contributed by atoms with Crippen LogP contribution in [0.5, 0.6) is 5.75 Å². The van der Waals surface area contributed by atoms with E-state index < -0.39 is 5.82 Å². The maximum Gasteiger partial charge on any atom is 0.192 e. The fourth-order valence-corrected chi connectivity index (χ4v) is 5.51. The number of pyridine rings is 1. The highest BCUT2D eigenvalue weighted by atomic mass is 35.5. The first-order valence-corrected chi connectivity index (χ1v) is 13.4. The molecule has 8 heteroatoms. The summed E-state index contributed by atoms with van der Waals surface area (Å²) in [4.78, 5) is 17.6. The number of aryl methyl sites for hydroxylation is 1. The number of nitrogens with zero attached hydrogens (tertiary/aromatic N) is 3. The van der Waals surface area contributed by atoms with E-state index in [4.69, 9.17) is 16.3 Å². The molecule has 2 aromatic carbocycles. The lowest BCUT2D eigenvalue weighted by Crippen LogP contribution is -2.45. The Morgan fingerprint density at radius 1 is 1.16 bits per heavy atom. The Labute approximate surface area is 228 Å². The number of methoxy groups -OCH3 is 1. The van der Waals surface area contributed by atoms with Crippen molar-refractivity contribution in [2.24, 2.45) is 5.92 Å². The van der Waals surface area contributed by atoms with Crippen LogP contribution in [0.3, 0.4) is 0 Å². The summed E-state index contributed by atoms with van der Waals surface area (Å²) in [6.07, 6.45) is 2.01. The lowest BCUT2D eigenvalue weighted by molar-refractivity contribution is 0.195. The van der Waals surface area contributed by atoms with Gasteiger partial charge in [-0.25, -0.2) is 4.39 Å².